The van der Waals surface area contributed by atoms with Crippen LogP contribution >= 0.6 is 0 Å². The number of carboxylic acid groups (broad SMARTS) is 1. The first kappa shape index (κ1) is 24.9. The van der Waals surface area contributed by atoms with E-state index in [-0.39, 0.29) is 23.5 Å². The number of piperidine rings is 1. The molecule has 1 aromatic carbocycles. The van der Waals surface area contributed by atoms with Gasteiger partial charge in [-0.25, -0.2) is 22.4 Å². The minimum absolute atomic E-state index is 0.0483. The van der Waals surface area contributed by atoms with E-state index in [0.717, 1.165) is 38.3 Å². The van der Waals surface area contributed by atoms with Gasteiger partial charge in [-0.2, -0.15) is 13.2 Å². The average molecular weight is 469 g/mol. The maximum absolute atomic E-state index is 14.2. The van der Waals surface area contributed by atoms with Crippen LogP contribution in [0.5, 0.6) is 0 Å². The standard InChI is InChI=1S/C16H22FN3O3S.C2HF3O2/c1-24(22,23)14-3-2-12(15(17)10-14)11-19-8-9-20(16(19)21)13-4-6-18-7-5-13;3-2(4,5)1(6)7/h2-3,10,13,18H,4-9,11H2,1H3;(H,6,7). The second-order valence-electron chi connectivity index (χ2n) is 7.21. The molecule has 2 amide bonds. The van der Waals surface area contributed by atoms with E-state index in [1.54, 1.807) is 4.90 Å². The summed E-state index contributed by atoms with van der Waals surface area (Å²) in [6, 6.07) is 4.05. The number of hydrogen-bond acceptors (Lipinski definition) is 5. The van der Waals surface area contributed by atoms with Gasteiger partial charge in [-0.3, -0.25) is 0 Å². The number of carbonyl (C=O) groups is 2. The molecule has 13 heteroatoms. The number of benzene rings is 1. The van der Waals surface area contributed by atoms with Gasteiger partial charge >= 0.3 is 18.2 Å². The van der Waals surface area contributed by atoms with E-state index < -0.39 is 27.8 Å². The van der Waals surface area contributed by atoms with Crippen LogP contribution in [-0.4, -0.2) is 80.0 Å². The molecule has 2 aliphatic heterocycles. The van der Waals surface area contributed by atoms with Crippen LogP contribution in [0.25, 0.3) is 0 Å². The van der Waals surface area contributed by atoms with Crippen molar-refractivity contribution in [3.63, 3.8) is 0 Å². The summed E-state index contributed by atoms with van der Waals surface area (Å²) in [5.74, 6) is -3.35. The Morgan fingerprint density at radius 1 is 1.23 bits per heavy atom. The van der Waals surface area contributed by atoms with Gasteiger partial charge in [-0.05, 0) is 38.1 Å². The molecule has 0 bridgehead atoms. The number of carboxylic acids is 1. The Morgan fingerprint density at radius 2 is 1.81 bits per heavy atom. The number of rotatable bonds is 4. The molecule has 31 heavy (non-hydrogen) atoms. The number of urea groups is 1. The van der Waals surface area contributed by atoms with Gasteiger partial charge in [0.25, 0.3) is 0 Å². The monoisotopic (exact) mass is 469 g/mol. The summed E-state index contributed by atoms with van der Waals surface area (Å²) in [5, 5.41) is 10.4. The number of alkyl halides is 3. The fraction of sp³-hybridized carbons (Fsp3) is 0.556. The first-order chi connectivity index (χ1) is 14.3. The number of nitrogens with zero attached hydrogens (tertiary/aromatic N) is 2. The van der Waals surface area contributed by atoms with Crippen molar-refractivity contribution < 1.29 is 40.7 Å². The molecular formula is C18H23F4N3O5S. The van der Waals surface area contributed by atoms with Crippen LogP contribution in [-0.2, 0) is 21.2 Å². The molecule has 8 nitrogen and oxygen atoms in total. The summed E-state index contributed by atoms with van der Waals surface area (Å²) in [5.41, 5.74) is 0.336. The van der Waals surface area contributed by atoms with E-state index in [1.165, 1.54) is 12.1 Å². The Labute approximate surface area is 176 Å². The lowest BCUT2D eigenvalue weighted by Gasteiger charge is -2.31. The van der Waals surface area contributed by atoms with Crippen molar-refractivity contribution in [3.8, 4) is 0 Å². The molecule has 2 aliphatic rings. The van der Waals surface area contributed by atoms with Gasteiger partial charge in [0, 0.05) is 31.0 Å². The Hall–Kier alpha value is -2.41. The quantitative estimate of drug-likeness (QED) is 0.652. The zero-order valence-electron chi connectivity index (χ0n) is 16.7. The van der Waals surface area contributed by atoms with Gasteiger partial charge in [-0.15, -0.1) is 0 Å². The Balaban J connectivity index is 0.000000423. The Morgan fingerprint density at radius 3 is 2.29 bits per heavy atom. The molecule has 0 atom stereocenters. The molecule has 1 aromatic rings. The Bertz CT molecular complexity index is 917. The van der Waals surface area contributed by atoms with E-state index in [4.69, 9.17) is 9.90 Å². The molecule has 0 aliphatic carbocycles. The zero-order valence-corrected chi connectivity index (χ0v) is 17.5. The van der Waals surface area contributed by atoms with Gasteiger partial charge in [0.1, 0.15) is 5.82 Å². The van der Waals surface area contributed by atoms with Crippen LogP contribution in [0, 0.1) is 5.82 Å². The fourth-order valence-corrected chi connectivity index (χ4v) is 3.93. The third-order valence-electron chi connectivity index (χ3n) is 4.93. The van der Waals surface area contributed by atoms with E-state index in [9.17, 15) is 30.8 Å². The second-order valence-corrected chi connectivity index (χ2v) is 9.22. The summed E-state index contributed by atoms with van der Waals surface area (Å²) < 4.78 is 68.9. The highest BCUT2D eigenvalue weighted by Crippen LogP contribution is 2.22. The molecule has 0 spiro atoms. The van der Waals surface area contributed by atoms with E-state index in [0.29, 0.717) is 18.7 Å². The molecule has 3 rings (SSSR count). The van der Waals surface area contributed by atoms with Crippen molar-refractivity contribution in [2.24, 2.45) is 0 Å². The number of nitrogens with one attached hydrogen (secondary N) is 1. The smallest absolute Gasteiger partial charge is 0.475 e. The van der Waals surface area contributed by atoms with Crippen molar-refractivity contribution in [2.75, 3.05) is 32.4 Å². The molecule has 2 N–H and O–H groups in total. The van der Waals surface area contributed by atoms with Gasteiger partial charge in [0.15, 0.2) is 9.84 Å². The largest absolute Gasteiger partial charge is 0.490 e. The van der Waals surface area contributed by atoms with Crippen molar-refractivity contribution in [1.82, 2.24) is 15.1 Å². The first-order valence-electron chi connectivity index (χ1n) is 9.35. The minimum atomic E-state index is -5.08. The molecule has 0 unspecified atom stereocenters. The number of sulfone groups is 1. The maximum Gasteiger partial charge on any atom is 0.490 e. The highest BCUT2D eigenvalue weighted by Gasteiger charge is 2.38. The summed E-state index contributed by atoms with van der Waals surface area (Å²) in [6.45, 7) is 3.21. The lowest BCUT2D eigenvalue weighted by Crippen LogP contribution is -2.45. The van der Waals surface area contributed by atoms with Crippen molar-refractivity contribution in [3.05, 3.63) is 29.6 Å². The van der Waals surface area contributed by atoms with Gasteiger partial charge in [0.05, 0.1) is 11.4 Å². The van der Waals surface area contributed by atoms with E-state index in [2.05, 4.69) is 5.32 Å². The fourth-order valence-electron chi connectivity index (χ4n) is 3.30. The van der Waals surface area contributed by atoms with Crippen LogP contribution in [0.1, 0.15) is 18.4 Å². The lowest BCUT2D eigenvalue weighted by atomic mass is 10.1. The van der Waals surface area contributed by atoms with E-state index >= 15 is 0 Å². The third kappa shape index (κ3) is 6.79. The van der Waals surface area contributed by atoms with Crippen LogP contribution in [0.2, 0.25) is 0 Å². The third-order valence-corrected chi connectivity index (χ3v) is 6.04. The normalized spacial score (nSPS) is 18.0. The predicted octanol–water partition coefficient (Wildman–Crippen LogP) is 1.85. The van der Waals surface area contributed by atoms with Gasteiger partial charge in [0.2, 0.25) is 0 Å². The molecule has 0 saturated carbocycles. The van der Waals surface area contributed by atoms with Crippen LogP contribution in [0.4, 0.5) is 22.4 Å². The van der Waals surface area contributed by atoms with Gasteiger partial charge in [-0.1, -0.05) is 6.07 Å². The molecule has 2 fully saturated rings. The number of amides is 2. The second kappa shape index (κ2) is 9.81. The molecule has 2 saturated heterocycles. The van der Waals surface area contributed by atoms with Crippen LogP contribution in [0.3, 0.4) is 0 Å². The SMILES string of the molecule is CS(=O)(=O)c1ccc(CN2CCN(C3CCNCC3)C2=O)c(F)c1.O=C(O)C(F)(F)F. The predicted molar refractivity (Wildman–Crippen MR) is 102 cm³/mol. The summed E-state index contributed by atoms with van der Waals surface area (Å²) in [6.07, 6.45) is -2.16. The molecule has 0 radical (unpaired) electrons. The minimum Gasteiger partial charge on any atom is -0.475 e. The lowest BCUT2D eigenvalue weighted by molar-refractivity contribution is -0.192. The van der Waals surface area contributed by atoms with Crippen molar-refractivity contribution in [2.45, 2.75) is 36.5 Å². The van der Waals surface area contributed by atoms with Crippen molar-refractivity contribution >= 4 is 21.8 Å². The number of carbonyl (C=O) groups excluding carboxylic acids is 1. The van der Waals surface area contributed by atoms with Crippen LogP contribution in [0.15, 0.2) is 23.1 Å². The zero-order chi connectivity index (χ0) is 23.4. The highest BCUT2D eigenvalue weighted by molar-refractivity contribution is 7.90. The van der Waals surface area contributed by atoms with Crippen molar-refractivity contribution in [1.29, 1.82) is 0 Å². The summed E-state index contributed by atoms with van der Waals surface area (Å²) >= 11 is 0. The Kier molecular flexibility index (Phi) is 7.87. The number of halogens is 4. The average Bonchev–Trinajstić information content (AvgIpc) is 3.03. The topological polar surface area (TPSA) is 107 Å². The maximum atomic E-state index is 14.2. The molecule has 0 aromatic heterocycles. The molecular weight excluding hydrogens is 446 g/mol. The first-order valence-corrected chi connectivity index (χ1v) is 11.2. The molecule has 174 valence electrons. The summed E-state index contributed by atoms with van der Waals surface area (Å²) in [4.78, 5) is 24.9. The number of hydrogen-bond donors (Lipinski definition) is 2. The van der Waals surface area contributed by atoms with E-state index in [1.807, 2.05) is 4.90 Å². The summed E-state index contributed by atoms with van der Waals surface area (Å²) in [7, 11) is -3.44. The number of aliphatic carboxylic acids is 1. The molecule has 2 heterocycles. The highest BCUT2D eigenvalue weighted by atomic mass is 32.2. The van der Waals surface area contributed by atoms with Crippen LogP contribution < -0.4 is 5.32 Å². The van der Waals surface area contributed by atoms with Gasteiger partial charge < -0.3 is 20.2 Å².